The number of aromatic nitrogens is 1. The summed E-state index contributed by atoms with van der Waals surface area (Å²) in [6.45, 7) is 0. The third kappa shape index (κ3) is 2.85. The average Bonchev–Trinajstić information content (AvgIpc) is 3.22. The molecule has 2 fully saturated rings. The number of hydrogen-bond acceptors (Lipinski definition) is 3. The molecule has 0 aliphatic heterocycles. The lowest BCUT2D eigenvalue weighted by atomic mass is 9.73. The van der Waals surface area contributed by atoms with Crippen molar-refractivity contribution in [3.05, 3.63) is 52.4 Å². The maximum Gasteiger partial charge on any atom is 0.273 e. The van der Waals surface area contributed by atoms with Crippen LogP contribution in [-0.4, -0.2) is 17.1 Å². The van der Waals surface area contributed by atoms with E-state index in [1.165, 1.54) is 0 Å². The van der Waals surface area contributed by atoms with Gasteiger partial charge in [0.05, 0.1) is 0 Å². The quantitative estimate of drug-likeness (QED) is 0.920. The van der Waals surface area contributed by atoms with E-state index in [9.17, 15) is 9.18 Å². The monoisotopic (exact) mass is 334 g/mol. The number of rotatable bonds is 4. The van der Waals surface area contributed by atoms with Crippen LogP contribution in [0.25, 0.3) is 0 Å². The molecule has 6 heteroatoms. The average molecular weight is 335 g/mol. The minimum Gasteiger partial charge on any atom is -0.360 e. The Morgan fingerprint density at radius 2 is 2.13 bits per heavy atom. The highest BCUT2D eigenvalue weighted by Crippen LogP contribution is 2.46. The lowest BCUT2D eigenvalue weighted by molar-refractivity contribution is 0.0246. The normalized spacial score (nSPS) is 26.6. The maximum absolute atomic E-state index is 14.8. The smallest absolute Gasteiger partial charge is 0.273 e. The minimum atomic E-state index is -1.42. The van der Waals surface area contributed by atoms with E-state index in [-0.39, 0.29) is 30.5 Å². The van der Waals surface area contributed by atoms with E-state index in [0.29, 0.717) is 16.5 Å². The van der Waals surface area contributed by atoms with Crippen LogP contribution in [0.1, 0.15) is 53.4 Å². The van der Waals surface area contributed by atoms with Gasteiger partial charge in [-0.2, -0.15) is 0 Å². The molecule has 2 aliphatic carbocycles. The van der Waals surface area contributed by atoms with Gasteiger partial charge in [0.25, 0.3) is 5.91 Å². The largest absolute Gasteiger partial charge is 0.360 e. The predicted octanol–water partition coefficient (Wildman–Crippen LogP) is 3.96. The van der Waals surface area contributed by atoms with Gasteiger partial charge in [-0.1, -0.05) is 28.9 Å². The molecule has 1 N–H and O–H groups in total. The Morgan fingerprint density at radius 1 is 1.35 bits per heavy atom. The van der Waals surface area contributed by atoms with Gasteiger partial charge in [0.1, 0.15) is 11.4 Å². The summed E-state index contributed by atoms with van der Waals surface area (Å²) in [5, 5.41) is 7.12. The first-order chi connectivity index (χ1) is 11.0. The van der Waals surface area contributed by atoms with Gasteiger partial charge in [-0.3, -0.25) is 4.79 Å². The van der Waals surface area contributed by atoms with Crippen molar-refractivity contribution in [3.63, 3.8) is 0 Å². The molecular formula is C17H16ClFN2O2. The summed E-state index contributed by atoms with van der Waals surface area (Å²) in [5.41, 5.74) is -0.592. The first kappa shape index (κ1) is 14.7. The fourth-order valence-electron chi connectivity index (χ4n) is 3.04. The molecule has 0 spiro atoms. The topological polar surface area (TPSA) is 55.1 Å². The number of amides is 1. The summed E-state index contributed by atoms with van der Waals surface area (Å²) in [6, 6.07) is 8.30. The maximum atomic E-state index is 14.8. The lowest BCUT2D eigenvalue weighted by Gasteiger charge is -2.42. The Bertz CT molecular complexity index is 751. The van der Waals surface area contributed by atoms with E-state index >= 15 is 0 Å². The molecule has 1 heterocycles. The summed E-state index contributed by atoms with van der Waals surface area (Å²) in [6.07, 6.45) is 2.66. The number of alkyl halides is 1. The molecular weight excluding hydrogens is 319 g/mol. The number of nitrogens with zero attached hydrogens (tertiary/aromatic N) is 1. The highest BCUT2D eigenvalue weighted by molar-refractivity contribution is 6.30. The summed E-state index contributed by atoms with van der Waals surface area (Å²) >= 11 is 5.91. The molecule has 2 saturated carbocycles. The van der Waals surface area contributed by atoms with Crippen LogP contribution < -0.4 is 5.32 Å². The van der Waals surface area contributed by atoms with Gasteiger partial charge in [0.15, 0.2) is 5.69 Å². The molecule has 0 atom stereocenters. The SMILES string of the molecule is O=C(NC1CC(F)(c2cccc(Cl)c2)C1)c1cc(C2CC2)on1. The van der Waals surface area contributed by atoms with Gasteiger partial charge >= 0.3 is 0 Å². The van der Waals surface area contributed by atoms with Crippen molar-refractivity contribution in [2.75, 3.05) is 0 Å². The molecule has 0 saturated heterocycles. The van der Waals surface area contributed by atoms with Gasteiger partial charge in [-0.15, -0.1) is 0 Å². The van der Waals surface area contributed by atoms with Crippen molar-refractivity contribution in [1.29, 1.82) is 0 Å². The van der Waals surface area contributed by atoms with Crippen LogP contribution in [0, 0.1) is 0 Å². The van der Waals surface area contributed by atoms with Crippen molar-refractivity contribution in [1.82, 2.24) is 10.5 Å². The number of carbonyl (C=O) groups is 1. The van der Waals surface area contributed by atoms with E-state index in [2.05, 4.69) is 10.5 Å². The van der Waals surface area contributed by atoms with Crippen LogP contribution in [0.3, 0.4) is 0 Å². The Kier molecular flexibility index (Phi) is 3.41. The highest BCUT2D eigenvalue weighted by atomic mass is 35.5. The molecule has 1 amide bonds. The zero-order valence-corrected chi connectivity index (χ0v) is 13.1. The molecule has 0 radical (unpaired) electrons. The van der Waals surface area contributed by atoms with Gasteiger partial charge in [0.2, 0.25) is 0 Å². The summed E-state index contributed by atoms with van der Waals surface area (Å²) in [4.78, 5) is 12.1. The van der Waals surface area contributed by atoms with Crippen molar-refractivity contribution >= 4 is 17.5 Å². The fourth-order valence-corrected chi connectivity index (χ4v) is 3.23. The van der Waals surface area contributed by atoms with Gasteiger partial charge in [-0.25, -0.2) is 4.39 Å². The zero-order chi connectivity index (χ0) is 16.0. The molecule has 1 aromatic carbocycles. The third-order valence-corrected chi connectivity index (χ3v) is 4.79. The van der Waals surface area contributed by atoms with Crippen LogP contribution in [0.4, 0.5) is 4.39 Å². The fraction of sp³-hybridized carbons (Fsp3) is 0.412. The van der Waals surface area contributed by atoms with Gasteiger partial charge in [-0.05, 0) is 30.5 Å². The summed E-state index contributed by atoms with van der Waals surface area (Å²) in [7, 11) is 0. The number of halogens is 2. The Morgan fingerprint density at radius 3 is 2.83 bits per heavy atom. The van der Waals surface area contributed by atoms with E-state index < -0.39 is 5.67 Å². The minimum absolute atomic E-state index is 0.201. The van der Waals surface area contributed by atoms with Crippen LogP contribution >= 0.6 is 11.6 Å². The molecule has 23 heavy (non-hydrogen) atoms. The van der Waals surface area contributed by atoms with E-state index in [1.54, 1.807) is 30.3 Å². The second kappa shape index (κ2) is 5.34. The van der Waals surface area contributed by atoms with Crippen LogP contribution in [-0.2, 0) is 5.67 Å². The Hall–Kier alpha value is -1.88. The molecule has 120 valence electrons. The van der Waals surface area contributed by atoms with Crippen LogP contribution in [0.2, 0.25) is 5.02 Å². The van der Waals surface area contributed by atoms with Gasteiger partial charge < -0.3 is 9.84 Å². The van der Waals surface area contributed by atoms with E-state index in [0.717, 1.165) is 18.6 Å². The second-order valence-corrected chi connectivity index (χ2v) is 6.88. The highest BCUT2D eigenvalue weighted by Gasteiger charge is 2.47. The third-order valence-electron chi connectivity index (χ3n) is 4.56. The standard InChI is InChI=1S/C17H16ClFN2O2/c18-12-3-1-2-11(6-12)17(19)8-13(9-17)20-16(22)14-7-15(23-21-14)10-4-5-10/h1-3,6-7,10,13H,4-5,8-9H2,(H,20,22). The first-order valence-electron chi connectivity index (χ1n) is 7.76. The van der Waals surface area contributed by atoms with E-state index in [4.69, 9.17) is 16.1 Å². The first-order valence-corrected chi connectivity index (χ1v) is 8.14. The van der Waals surface area contributed by atoms with Crippen LogP contribution in [0.5, 0.6) is 0 Å². The lowest BCUT2D eigenvalue weighted by Crippen LogP contribution is -2.51. The molecule has 2 aliphatic rings. The summed E-state index contributed by atoms with van der Waals surface area (Å²) in [5.74, 6) is 0.871. The molecule has 4 rings (SSSR count). The molecule has 4 nitrogen and oxygen atoms in total. The predicted molar refractivity (Wildman–Crippen MR) is 83.2 cm³/mol. The van der Waals surface area contributed by atoms with Crippen molar-refractivity contribution < 1.29 is 13.7 Å². The van der Waals surface area contributed by atoms with Crippen molar-refractivity contribution in [3.8, 4) is 0 Å². The van der Waals surface area contributed by atoms with Gasteiger partial charge in [0, 0.05) is 35.9 Å². The second-order valence-electron chi connectivity index (χ2n) is 6.44. The van der Waals surface area contributed by atoms with Crippen molar-refractivity contribution in [2.24, 2.45) is 0 Å². The summed E-state index contributed by atoms with van der Waals surface area (Å²) < 4.78 is 20.0. The Labute approximate surface area is 138 Å². The number of benzene rings is 1. The number of nitrogens with one attached hydrogen (secondary N) is 1. The molecule has 0 unspecified atom stereocenters. The van der Waals surface area contributed by atoms with E-state index in [1.807, 2.05) is 0 Å². The molecule has 0 bridgehead atoms. The zero-order valence-electron chi connectivity index (χ0n) is 12.4. The number of carbonyl (C=O) groups excluding carboxylic acids is 1. The van der Waals surface area contributed by atoms with Crippen LogP contribution in [0.15, 0.2) is 34.9 Å². The van der Waals surface area contributed by atoms with Crippen molar-refractivity contribution in [2.45, 2.75) is 43.3 Å². The molecule has 1 aromatic heterocycles. The Balaban J connectivity index is 1.37. The number of hydrogen-bond donors (Lipinski definition) is 1. The molecule has 2 aromatic rings.